The summed E-state index contributed by atoms with van der Waals surface area (Å²) < 4.78 is 6.79. The molecule has 0 spiro atoms. The molecule has 0 bridgehead atoms. The molecule has 162 valence electrons. The third-order valence-electron chi connectivity index (χ3n) is 5.03. The van der Waals surface area contributed by atoms with E-state index in [2.05, 4.69) is 15.3 Å². The Bertz CT molecular complexity index is 1250. The molecule has 1 N–H and O–H groups in total. The molecular formula is C24H21ClN4O3. The Morgan fingerprint density at radius 2 is 1.91 bits per heavy atom. The number of rotatable bonds is 7. The highest BCUT2D eigenvalue weighted by molar-refractivity contribution is 6.30. The van der Waals surface area contributed by atoms with Gasteiger partial charge in [0, 0.05) is 30.5 Å². The van der Waals surface area contributed by atoms with Gasteiger partial charge in [-0.15, -0.1) is 0 Å². The van der Waals surface area contributed by atoms with Crippen LogP contribution in [0.3, 0.4) is 0 Å². The van der Waals surface area contributed by atoms with Crippen molar-refractivity contribution in [1.82, 2.24) is 19.9 Å². The second kappa shape index (κ2) is 9.62. The number of halogens is 1. The smallest absolute Gasteiger partial charge is 0.337 e. The monoisotopic (exact) mass is 448 g/mol. The first kappa shape index (κ1) is 21.5. The summed E-state index contributed by atoms with van der Waals surface area (Å²) in [5.41, 5.74) is 3.78. The summed E-state index contributed by atoms with van der Waals surface area (Å²) in [6, 6.07) is 16.4. The third kappa shape index (κ3) is 4.95. The van der Waals surface area contributed by atoms with Crippen molar-refractivity contribution in [2.75, 3.05) is 7.11 Å². The van der Waals surface area contributed by atoms with Gasteiger partial charge in [0.15, 0.2) is 0 Å². The number of hydrogen-bond acceptors (Lipinski definition) is 5. The molecule has 0 radical (unpaired) electrons. The second-order valence-corrected chi connectivity index (χ2v) is 7.69. The van der Waals surface area contributed by atoms with Gasteiger partial charge in [0.05, 0.1) is 30.1 Å². The summed E-state index contributed by atoms with van der Waals surface area (Å²) >= 11 is 6.01. The number of carbonyl (C=O) groups is 2. The minimum Gasteiger partial charge on any atom is -0.465 e. The Balaban J connectivity index is 1.63. The maximum absolute atomic E-state index is 12.7. The molecule has 7 nitrogen and oxygen atoms in total. The SMILES string of the molecule is COC(=O)c1ccc2c(c1)nc(CC(=O)NCc1cccnc1)n2Cc1ccc(Cl)cc1. The van der Waals surface area contributed by atoms with Gasteiger partial charge in [0.25, 0.3) is 0 Å². The number of ether oxygens (including phenoxy) is 1. The molecule has 0 aliphatic heterocycles. The van der Waals surface area contributed by atoms with E-state index in [4.69, 9.17) is 16.3 Å². The number of nitrogens with zero attached hydrogens (tertiary/aromatic N) is 3. The van der Waals surface area contributed by atoms with E-state index in [0.717, 1.165) is 16.6 Å². The number of fused-ring (bicyclic) bond motifs is 1. The van der Waals surface area contributed by atoms with Gasteiger partial charge in [-0.05, 0) is 47.5 Å². The van der Waals surface area contributed by atoms with E-state index in [1.165, 1.54) is 7.11 Å². The second-order valence-electron chi connectivity index (χ2n) is 7.25. The molecule has 4 rings (SSSR count). The lowest BCUT2D eigenvalue weighted by Gasteiger charge is -2.10. The topological polar surface area (TPSA) is 86.1 Å². The average Bonchev–Trinajstić information content (AvgIpc) is 3.15. The molecule has 32 heavy (non-hydrogen) atoms. The fourth-order valence-corrected chi connectivity index (χ4v) is 3.54. The number of methoxy groups -OCH3 is 1. The summed E-state index contributed by atoms with van der Waals surface area (Å²) in [5.74, 6) is 0.00488. The summed E-state index contributed by atoms with van der Waals surface area (Å²) in [4.78, 5) is 33.3. The van der Waals surface area contributed by atoms with Crippen LogP contribution in [0.15, 0.2) is 67.0 Å². The number of carbonyl (C=O) groups excluding carboxylic acids is 2. The Morgan fingerprint density at radius 3 is 2.62 bits per heavy atom. The molecule has 1 amide bonds. The molecule has 2 aromatic heterocycles. The number of imidazole rings is 1. The number of amides is 1. The van der Waals surface area contributed by atoms with Crippen molar-refractivity contribution >= 4 is 34.5 Å². The molecule has 0 aliphatic carbocycles. The van der Waals surface area contributed by atoms with Crippen LogP contribution in [-0.4, -0.2) is 33.5 Å². The van der Waals surface area contributed by atoms with E-state index >= 15 is 0 Å². The van der Waals surface area contributed by atoms with Crippen molar-refractivity contribution in [2.45, 2.75) is 19.5 Å². The van der Waals surface area contributed by atoms with Crippen molar-refractivity contribution in [2.24, 2.45) is 0 Å². The summed E-state index contributed by atoms with van der Waals surface area (Å²) in [6.45, 7) is 0.896. The third-order valence-corrected chi connectivity index (χ3v) is 5.29. The Morgan fingerprint density at radius 1 is 1.09 bits per heavy atom. The molecule has 8 heteroatoms. The van der Waals surface area contributed by atoms with Crippen molar-refractivity contribution in [3.63, 3.8) is 0 Å². The molecule has 0 unspecified atom stereocenters. The normalized spacial score (nSPS) is 10.8. The zero-order chi connectivity index (χ0) is 22.5. The van der Waals surface area contributed by atoms with Gasteiger partial charge in [0.2, 0.25) is 5.91 Å². The number of nitrogens with one attached hydrogen (secondary N) is 1. The van der Waals surface area contributed by atoms with Gasteiger partial charge in [0.1, 0.15) is 5.82 Å². The fourth-order valence-electron chi connectivity index (χ4n) is 3.42. The first-order valence-corrected chi connectivity index (χ1v) is 10.4. The number of hydrogen-bond donors (Lipinski definition) is 1. The molecule has 0 aliphatic rings. The lowest BCUT2D eigenvalue weighted by molar-refractivity contribution is -0.120. The van der Waals surface area contributed by atoms with E-state index < -0.39 is 5.97 Å². The lowest BCUT2D eigenvalue weighted by Crippen LogP contribution is -2.26. The molecule has 2 aromatic carbocycles. The van der Waals surface area contributed by atoms with Crippen LogP contribution in [0, 0.1) is 0 Å². The Kier molecular flexibility index (Phi) is 6.47. The zero-order valence-corrected chi connectivity index (χ0v) is 18.2. The summed E-state index contributed by atoms with van der Waals surface area (Å²) in [5, 5.41) is 3.56. The fraction of sp³-hybridized carbons (Fsp3) is 0.167. The van der Waals surface area contributed by atoms with Crippen LogP contribution in [0.2, 0.25) is 5.02 Å². The van der Waals surface area contributed by atoms with Crippen LogP contribution < -0.4 is 5.32 Å². The van der Waals surface area contributed by atoms with Gasteiger partial charge in [-0.3, -0.25) is 9.78 Å². The molecule has 0 saturated carbocycles. The first-order chi connectivity index (χ1) is 15.5. The largest absolute Gasteiger partial charge is 0.465 e. The van der Waals surface area contributed by atoms with Crippen molar-refractivity contribution in [3.8, 4) is 0 Å². The highest BCUT2D eigenvalue weighted by Crippen LogP contribution is 2.21. The minimum absolute atomic E-state index is 0.0933. The molecule has 4 aromatic rings. The Hall–Kier alpha value is -3.71. The molecule has 0 saturated heterocycles. The number of pyridine rings is 1. The highest BCUT2D eigenvalue weighted by Gasteiger charge is 2.17. The van der Waals surface area contributed by atoms with Gasteiger partial charge >= 0.3 is 5.97 Å². The van der Waals surface area contributed by atoms with Gasteiger partial charge in [-0.2, -0.15) is 0 Å². The highest BCUT2D eigenvalue weighted by atomic mass is 35.5. The van der Waals surface area contributed by atoms with Gasteiger partial charge in [-0.25, -0.2) is 9.78 Å². The van der Waals surface area contributed by atoms with E-state index in [9.17, 15) is 9.59 Å². The van der Waals surface area contributed by atoms with Gasteiger partial charge in [-0.1, -0.05) is 29.8 Å². The van der Waals surface area contributed by atoms with Crippen LogP contribution in [0.4, 0.5) is 0 Å². The Labute approximate surface area is 190 Å². The summed E-state index contributed by atoms with van der Waals surface area (Å²) in [7, 11) is 1.34. The van der Waals surface area contributed by atoms with Crippen molar-refractivity contribution in [3.05, 3.63) is 94.5 Å². The number of esters is 1. The van der Waals surface area contributed by atoms with Crippen LogP contribution in [0.25, 0.3) is 11.0 Å². The van der Waals surface area contributed by atoms with E-state index in [0.29, 0.717) is 35.0 Å². The standard InChI is InChI=1S/C24H21ClN4O3/c1-32-24(31)18-6-9-21-20(11-18)28-22(29(21)15-16-4-7-19(25)8-5-16)12-23(30)27-14-17-3-2-10-26-13-17/h2-11,13H,12,14-15H2,1H3,(H,27,30). The zero-order valence-electron chi connectivity index (χ0n) is 17.4. The van der Waals surface area contributed by atoms with Crippen LogP contribution in [0.5, 0.6) is 0 Å². The van der Waals surface area contributed by atoms with Crippen LogP contribution in [-0.2, 0) is 29.0 Å². The van der Waals surface area contributed by atoms with E-state index in [1.807, 2.05) is 47.0 Å². The quantitative estimate of drug-likeness (QED) is 0.435. The average molecular weight is 449 g/mol. The molecule has 0 fully saturated rings. The number of benzene rings is 2. The predicted molar refractivity (Wildman–Crippen MR) is 121 cm³/mol. The summed E-state index contributed by atoms with van der Waals surface area (Å²) in [6.07, 6.45) is 3.49. The lowest BCUT2D eigenvalue weighted by atomic mass is 10.2. The molecule has 2 heterocycles. The molecule has 0 atom stereocenters. The van der Waals surface area contributed by atoms with Gasteiger partial charge < -0.3 is 14.6 Å². The van der Waals surface area contributed by atoms with Crippen LogP contribution in [0.1, 0.15) is 27.3 Å². The van der Waals surface area contributed by atoms with E-state index in [-0.39, 0.29) is 12.3 Å². The predicted octanol–water partition coefficient (Wildman–Crippen LogP) is 3.78. The van der Waals surface area contributed by atoms with Crippen molar-refractivity contribution < 1.29 is 14.3 Å². The molecular weight excluding hydrogens is 428 g/mol. The number of aromatic nitrogens is 3. The maximum atomic E-state index is 12.7. The maximum Gasteiger partial charge on any atom is 0.337 e. The first-order valence-electron chi connectivity index (χ1n) is 10.0. The van der Waals surface area contributed by atoms with Crippen LogP contribution >= 0.6 is 11.6 Å². The van der Waals surface area contributed by atoms with Crippen molar-refractivity contribution in [1.29, 1.82) is 0 Å². The minimum atomic E-state index is -0.435. The van der Waals surface area contributed by atoms with E-state index in [1.54, 1.807) is 24.5 Å².